The van der Waals surface area contributed by atoms with Crippen LogP contribution >= 0.6 is 11.3 Å². The second-order valence-corrected chi connectivity index (χ2v) is 5.16. The minimum atomic E-state index is -4.31. The second kappa shape index (κ2) is 4.72. The Labute approximate surface area is 107 Å². The molecule has 0 unspecified atom stereocenters. The molecule has 0 atom stereocenters. The van der Waals surface area contributed by atoms with Crippen molar-refractivity contribution in [3.63, 3.8) is 0 Å². The van der Waals surface area contributed by atoms with Crippen LogP contribution < -0.4 is 0 Å². The van der Waals surface area contributed by atoms with Gasteiger partial charge in [0.2, 0.25) is 0 Å². The number of halogens is 3. The normalized spacial score (nSPS) is 11.8. The highest BCUT2D eigenvalue weighted by atomic mass is 32.1. The third-order valence-electron chi connectivity index (χ3n) is 2.66. The zero-order valence-electron chi connectivity index (χ0n) is 10.0. The van der Waals surface area contributed by atoms with Gasteiger partial charge in [0.05, 0.1) is 11.3 Å². The van der Waals surface area contributed by atoms with Crippen molar-refractivity contribution < 1.29 is 13.2 Å². The Hall–Kier alpha value is -1.36. The number of alkyl halides is 3. The summed E-state index contributed by atoms with van der Waals surface area (Å²) in [6.45, 7) is 3.92. The van der Waals surface area contributed by atoms with Crippen LogP contribution in [0.2, 0.25) is 0 Å². The lowest BCUT2D eigenvalue weighted by molar-refractivity contribution is -0.137. The van der Waals surface area contributed by atoms with Gasteiger partial charge in [-0.05, 0) is 25.5 Å². The molecule has 0 bridgehead atoms. The molecule has 0 radical (unpaired) electrons. The van der Waals surface area contributed by atoms with Crippen LogP contribution in [0.5, 0.6) is 0 Å². The van der Waals surface area contributed by atoms with E-state index in [0.29, 0.717) is 10.6 Å². The van der Waals surface area contributed by atoms with E-state index in [1.54, 1.807) is 6.07 Å². The first-order valence-electron chi connectivity index (χ1n) is 5.55. The van der Waals surface area contributed by atoms with Gasteiger partial charge in [-0.2, -0.15) is 13.2 Å². The summed E-state index contributed by atoms with van der Waals surface area (Å²) >= 11 is 1.43. The molecular formula is C13H12F3NS. The van der Waals surface area contributed by atoms with Crippen LogP contribution in [-0.2, 0) is 12.6 Å². The minimum absolute atomic E-state index is 0.526. The number of nitrogens with zero attached hydrogens (tertiary/aromatic N) is 1. The van der Waals surface area contributed by atoms with Crippen molar-refractivity contribution in [2.45, 2.75) is 26.4 Å². The summed E-state index contributed by atoms with van der Waals surface area (Å²) in [6, 6.07) is 5.30. The van der Waals surface area contributed by atoms with E-state index in [4.69, 9.17) is 0 Å². The molecule has 0 amide bonds. The Bertz CT molecular complexity index is 558. The summed E-state index contributed by atoms with van der Waals surface area (Å²) in [5.74, 6) is 0. The first kappa shape index (κ1) is 13.1. The predicted molar refractivity (Wildman–Crippen MR) is 66.7 cm³/mol. The number of aromatic nitrogens is 1. The predicted octanol–water partition coefficient (Wildman–Crippen LogP) is 4.70. The van der Waals surface area contributed by atoms with Crippen molar-refractivity contribution in [1.29, 1.82) is 0 Å². The monoisotopic (exact) mass is 271 g/mol. The minimum Gasteiger partial charge on any atom is -0.241 e. The summed E-state index contributed by atoms with van der Waals surface area (Å²) in [5, 5.41) is 0.649. The van der Waals surface area contributed by atoms with E-state index >= 15 is 0 Å². The van der Waals surface area contributed by atoms with E-state index in [9.17, 15) is 13.2 Å². The fourth-order valence-electron chi connectivity index (χ4n) is 1.71. The van der Waals surface area contributed by atoms with E-state index in [2.05, 4.69) is 4.98 Å². The van der Waals surface area contributed by atoms with Gasteiger partial charge in [-0.3, -0.25) is 0 Å². The standard InChI is InChI=1S/C13H12F3NS/c1-3-11-8(2)18-12(17-11)9-5-4-6-10(7-9)13(14,15)16/h4-7H,3H2,1-2H3. The Kier molecular flexibility index (Phi) is 3.43. The van der Waals surface area contributed by atoms with Crippen LogP contribution in [0.1, 0.15) is 23.1 Å². The van der Waals surface area contributed by atoms with Crippen molar-refractivity contribution in [3.8, 4) is 10.6 Å². The lowest BCUT2D eigenvalue weighted by atomic mass is 10.1. The summed E-state index contributed by atoms with van der Waals surface area (Å²) in [5.41, 5.74) is 0.843. The average Bonchev–Trinajstić information content (AvgIpc) is 2.70. The maximum atomic E-state index is 12.6. The smallest absolute Gasteiger partial charge is 0.241 e. The maximum absolute atomic E-state index is 12.6. The number of benzene rings is 1. The van der Waals surface area contributed by atoms with Gasteiger partial charge in [0.15, 0.2) is 0 Å². The number of rotatable bonds is 2. The quantitative estimate of drug-likeness (QED) is 0.771. The second-order valence-electron chi connectivity index (χ2n) is 3.95. The Morgan fingerprint density at radius 2 is 2.00 bits per heavy atom. The lowest BCUT2D eigenvalue weighted by Gasteiger charge is -2.07. The molecule has 1 aromatic carbocycles. The van der Waals surface area contributed by atoms with Crippen LogP contribution in [0, 0.1) is 6.92 Å². The molecule has 0 spiro atoms. The van der Waals surface area contributed by atoms with Crippen LogP contribution in [-0.4, -0.2) is 4.98 Å². The summed E-state index contributed by atoms with van der Waals surface area (Å²) < 4.78 is 37.9. The molecule has 0 fully saturated rings. The van der Waals surface area contributed by atoms with Crippen molar-refractivity contribution in [2.75, 3.05) is 0 Å². The van der Waals surface area contributed by atoms with E-state index in [-0.39, 0.29) is 0 Å². The fourth-order valence-corrected chi connectivity index (χ4v) is 2.71. The van der Waals surface area contributed by atoms with Gasteiger partial charge < -0.3 is 0 Å². The SMILES string of the molecule is CCc1nc(-c2cccc(C(F)(F)F)c2)sc1C. The van der Waals surface area contributed by atoms with Crippen molar-refractivity contribution in [3.05, 3.63) is 40.4 Å². The Morgan fingerprint density at radius 3 is 2.56 bits per heavy atom. The summed E-state index contributed by atoms with van der Waals surface area (Å²) in [7, 11) is 0. The highest BCUT2D eigenvalue weighted by molar-refractivity contribution is 7.15. The fraction of sp³-hybridized carbons (Fsp3) is 0.308. The third-order valence-corrected chi connectivity index (χ3v) is 3.73. The van der Waals surface area contributed by atoms with E-state index < -0.39 is 11.7 Å². The lowest BCUT2D eigenvalue weighted by Crippen LogP contribution is -2.04. The molecule has 18 heavy (non-hydrogen) atoms. The van der Waals surface area contributed by atoms with Crippen LogP contribution in [0.3, 0.4) is 0 Å². The molecule has 0 aliphatic carbocycles. The average molecular weight is 271 g/mol. The molecule has 0 saturated carbocycles. The molecule has 5 heteroatoms. The molecule has 1 heterocycles. The zero-order valence-corrected chi connectivity index (χ0v) is 10.8. The number of thiazole rings is 1. The summed E-state index contributed by atoms with van der Waals surface area (Å²) in [4.78, 5) is 5.43. The van der Waals surface area contributed by atoms with E-state index in [1.807, 2.05) is 13.8 Å². The van der Waals surface area contributed by atoms with Gasteiger partial charge in [-0.25, -0.2) is 4.98 Å². The molecule has 96 valence electrons. The molecule has 2 aromatic rings. The zero-order chi connectivity index (χ0) is 13.3. The van der Waals surface area contributed by atoms with E-state index in [0.717, 1.165) is 29.1 Å². The summed E-state index contributed by atoms with van der Waals surface area (Å²) in [6.07, 6.45) is -3.52. The highest BCUT2D eigenvalue weighted by Gasteiger charge is 2.30. The first-order valence-corrected chi connectivity index (χ1v) is 6.37. The number of aryl methyl sites for hydroxylation is 2. The maximum Gasteiger partial charge on any atom is 0.416 e. The van der Waals surface area contributed by atoms with Crippen LogP contribution in [0.4, 0.5) is 13.2 Å². The Balaban J connectivity index is 2.44. The highest BCUT2D eigenvalue weighted by Crippen LogP contribution is 2.34. The molecule has 0 saturated heterocycles. The van der Waals surface area contributed by atoms with Gasteiger partial charge in [0, 0.05) is 10.4 Å². The van der Waals surface area contributed by atoms with Gasteiger partial charge in [0.25, 0.3) is 0 Å². The molecule has 0 aliphatic rings. The molecule has 1 nitrogen and oxygen atoms in total. The third kappa shape index (κ3) is 2.56. The Morgan fingerprint density at radius 1 is 1.28 bits per heavy atom. The molecule has 0 aliphatic heterocycles. The van der Waals surface area contributed by atoms with Gasteiger partial charge in [-0.1, -0.05) is 19.1 Å². The molecular weight excluding hydrogens is 259 g/mol. The van der Waals surface area contributed by atoms with Crippen molar-refractivity contribution >= 4 is 11.3 Å². The van der Waals surface area contributed by atoms with Crippen molar-refractivity contribution in [2.24, 2.45) is 0 Å². The first-order chi connectivity index (χ1) is 8.41. The number of hydrogen-bond acceptors (Lipinski definition) is 2. The number of hydrogen-bond donors (Lipinski definition) is 0. The molecule has 2 rings (SSSR count). The topological polar surface area (TPSA) is 12.9 Å². The van der Waals surface area contributed by atoms with Crippen molar-refractivity contribution in [1.82, 2.24) is 4.98 Å². The van der Waals surface area contributed by atoms with Crippen LogP contribution in [0.25, 0.3) is 10.6 Å². The molecule has 0 N–H and O–H groups in total. The molecule has 1 aromatic heterocycles. The van der Waals surface area contributed by atoms with Gasteiger partial charge >= 0.3 is 6.18 Å². The van der Waals surface area contributed by atoms with E-state index in [1.165, 1.54) is 17.4 Å². The van der Waals surface area contributed by atoms with Gasteiger partial charge in [-0.15, -0.1) is 11.3 Å². The van der Waals surface area contributed by atoms with Gasteiger partial charge in [0.1, 0.15) is 5.01 Å². The van der Waals surface area contributed by atoms with Crippen LogP contribution in [0.15, 0.2) is 24.3 Å². The largest absolute Gasteiger partial charge is 0.416 e.